The average molecular weight is 453 g/mol. The summed E-state index contributed by atoms with van der Waals surface area (Å²) in [5.41, 5.74) is 0.885. The Kier molecular flexibility index (Phi) is 5.52. The number of carbonyl (C=O) groups is 3. The molecule has 0 aliphatic carbocycles. The van der Waals surface area contributed by atoms with Crippen molar-refractivity contribution in [3.8, 4) is 11.5 Å². The summed E-state index contributed by atoms with van der Waals surface area (Å²) in [5, 5.41) is 11.2. The van der Waals surface area contributed by atoms with E-state index in [1.54, 1.807) is 46.0 Å². The minimum atomic E-state index is -0.880. The summed E-state index contributed by atoms with van der Waals surface area (Å²) >= 11 is 0. The minimum Gasteiger partial charge on any atom is -0.479 e. The van der Waals surface area contributed by atoms with Crippen LogP contribution in [0.1, 0.15) is 31.1 Å². The molecule has 2 aliphatic rings. The number of hydrogen-bond donors (Lipinski definition) is 0. The molecule has 2 unspecified atom stereocenters. The molecule has 172 valence electrons. The number of likely N-dealkylation sites (N-methyl/N-ethyl adjacent to an activating group) is 1. The van der Waals surface area contributed by atoms with Gasteiger partial charge in [-0.1, -0.05) is 13.8 Å². The van der Waals surface area contributed by atoms with Crippen molar-refractivity contribution < 1.29 is 28.8 Å². The van der Waals surface area contributed by atoms with E-state index in [0.717, 1.165) is 0 Å². The van der Waals surface area contributed by atoms with E-state index >= 15 is 0 Å². The monoisotopic (exact) mass is 453 g/mol. The van der Waals surface area contributed by atoms with E-state index in [-0.39, 0.29) is 35.6 Å². The molecule has 2 aromatic carbocycles. The van der Waals surface area contributed by atoms with Gasteiger partial charge in [0.1, 0.15) is 5.75 Å². The fourth-order valence-corrected chi connectivity index (χ4v) is 3.90. The molecule has 0 saturated carbocycles. The number of rotatable bonds is 5. The number of ketones is 1. The number of carbonyl (C=O) groups excluding carboxylic acids is 3. The quantitative estimate of drug-likeness (QED) is 0.388. The van der Waals surface area contributed by atoms with Crippen molar-refractivity contribution in [2.24, 2.45) is 5.92 Å². The lowest BCUT2D eigenvalue weighted by Crippen LogP contribution is -2.50. The second kappa shape index (κ2) is 8.19. The Morgan fingerprint density at radius 1 is 1.06 bits per heavy atom. The van der Waals surface area contributed by atoms with Gasteiger partial charge in [0.25, 0.3) is 17.5 Å². The minimum absolute atomic E-state index is 0.173. The van der Waals surface area contributed by atoms with E-state index in [9.17, 15) is 24.5 Å². The fourth-order valence-electron chi connectivity index (χ4n) is 3.90. The molecule has 0 spiro atoms. The van der Waals surface area contributed by atoms with Crippen LogP contribution in [0.5, 0.6) is 11.5 Å². The smallest absolute Gasteiger partial charge is 0.273 e. The van der Waals surface area contributed by atoms with Gasteiger partial charge in [0.15, 0.2) is 23.7 Å². The summed E-state index contributed by atoms with van der Waals surface area (Å²) in [6, 6.07) is 8.69. The summed E-state index contributed by atoms with van der Waals surface area (Å²) < 4.78 is 11.4. The molecule has 2 atom stereocenters. The molecule has 2 heterocycles. The van der Waals surface area contributed by atoms with Crippen LogP contribution in [0.3, 0.4) is 0 Å². The molecule has 4 rings (SSSR count). The SMILES string of the molecule is CC1Oc2ccc(C(=O)CN3C(=O)C(C(C)C)Oc4cc([N+](=O)[O-])ccc43)cc2N(C)C1=O. The molecule has 10 heteroatoms. The van der Waals surface area contributed by atoms with Gasteiger partial charge in [-0.25, -0.2) is 0 Å². The molecule has 0 radical (unpaired) electrons. The van der Waals surface area contributed by atoms with Gasteiger partial charge in [-0.3, -0.25) is 29.4 Å². The largest absolute Gasteiger partial charge is 0.479 e. The van der Waals surface area contributed by atoms with E-state index < -0.39 is 23.0 Å². The van der Waals surface area contributed by atoms with Gasteiger partial charge >= 0.3 is 0 Å². The van der Waals surface area contributed by atoms with Crippen LogP contribution in [0.15, 0.2) is 36.4 Å². The lowest BCUT2D eigenvalue weighted by molar-refractivity contribution is -0.384. The number of nitro benzene ring substituents is 1. The van der Waals surface area contributed by atoms with E-state index in [0.29, 0.717) is 22.7 Å². The zero-order valence-corrected chi connectivity index (χ0v) is 18.6. The third-order valence-corrected chi connectivity index (χ3v) is 5.74. The van der Waals surface area contributed by atoms with Crippen molar-refractivity contribution in [1.82, 2.24) is 0 Å². The Balaban J connectivity index is 1.67. The number of amides is 2. The van der Waals surface area contributed by atoms with Crippen molar-refractivity contribution in [3.63, 3.8) is 0 Å². The number of non-ortho nitro benzene ring substituents is 1. The molecule has 33 heavy (non-hydrogen) atoms. The van der Waals surface area contributed by atoms with Gasteiger partial charge in [0.2, 0.25) is 0 Å². The Hall–Kier alpha value is -3.95. The van der Waals surface area contributed by atoms with Crippen molar-refractivity contribution in [1.29, 1.82) is 0 Å². The molecule has 0 saturated heterocycles. The van der Waals surface area contributed by atoms with E-state index in [4.69, 9.17) is 9.47 Å². The van der Waals surface area contributed by atoms with Gasteiger partial charge in [0.05, 0.1) is 28.9 Å². The maximum atomic E-state index is 13.2. The third kappa shape index (κ3) is 3.88. The van der Waals surface area contributed by atoms with Gasteiger partial charge < -0.3 is 14.4 Å². The summed E-state index contributed by atoms with van der Waals surface area (Å²) in [6.07, 6.45) is -1.50. The first-order valence-electron chi connectivity index (χ1n) is 10.5. The number of nitro groups is 1. The summed E-state index contributed by atoms with van der Waals surface area (Å²) in [4.78, 5) is 51.9. The van der Waals surface area contributed by atoms with Crippen LogP contribution in [-0.2, 0) is 9.59 Å². The zero-order valence-electron chi connectivity index (χ0n) is 18.6. The van der Waals surface area contributed by atoms with Gasteiger partial charge in [-0.15, -0.1) is 0 Å². The highest BCUT2D eigenvalue weighted by Gasteiger charge is 2.38. The lowest BCUT2D eigenvalue weighted by Gasteiger charge is -2.35. The summed E-state index contributed by atoms with van der Waals surface area (Å²) in [6.45, 7) is 4.95. The lowest BCUT2D eigenvalue weighted by atomic mass is 10.0. The van der Waals surface area contributed by atoms with Crippen LogP contribution in [0, 0.1) is 16.0 Å². The number of benzene rings is 2. The second-order valence-corrected chi connectivity index (χ2v) is 8.38. The molecule has 0 fully saturated rings. The molecular formula is C23H23N3O7. The maximum Gasteiger partial charge on any atom is 0.273 e. The molecular weight excluding hydrogens is 430 g/mol. The highest BCUT2D eigenvalue weighted by atomic mass is 16.6. The Morgan fingerprint density at radius 3 is 2.45 bits per heavy atom. The van der Waals surface area contributed by atoms with Crippen LogP contribution in [0.2, 0.25) is 0 Å². The number of nitrogens with zero attached hydrogens (tertiary/aromatic N) is 3. The second-order valence-electron chi connectivity index (χ2n) is 8.38. The molecule has 10 nitrogen and oxygen atoms in total. The average Bonchev–Trinajstić information content (AvgIpc) is 2.78. The first-order chi connectivity index (χ1) is 15.6. The fraction of sp³-hybridized carbons (Fsp3) is 0.348. The summed E-state index contributed by atoms with van der Waals surface area (Å²) in [5.74, 6) is -0.549. The molecule has 2 amide bonds. The number of hydrogen-bond acceptors (Lipinski definition) is 7. The van der Waals surface area contributed by atoms with Crippen molar-refractivity contribution in [2.45, 2.75) is 33.0 Å². The number of anilines is 2. The predicted molar refractivity (Wildman–Crippen MR) is 119 cm³/mol. The Labute approximate surface area is 189 Å². The molecule has 0 bridgehead atoms. The van der Waals surface area contributed by atoms with Crippen LogP contribution < -0.4 is 19.3 Å². The summed E-state index contributed by atoms with van der Waals surface area (Å²) in [7, 11) is 1.61. The van der Waals surface area contributed by atoms with Crippen LogP contribution >= 0.6 is 0 Å². The first kappa shape index (κ1) is 22.3. The van der Waals surface area contributed by atoms with Crippen molar-refractivity contribution in [3.05, 3.63) is 52.1 Å². The first-order valence-corrected chi connectivity index (χ1v) is 10.5. The number of ether oxygens (including phenoxy) is 2. The normalized spacial score (nSPS) is 19.5. The van der Waals surface area contributed by atoms with E-state index in [2.05, 4.69) is 0 Å². The van der Waals surface area contributed by atoms with Gasteiger partial charge in [-0.2, -0.15) is 0 Å². The molecule has 0 N–H and O–H groups in total. The van der Waals surface area contributed by atoms with E-state index in [1.165, 1.54) is 28.0 Å². The molecule has 2 aromatic rings. The van der Waals surface area contributed by atoms with Crippen LogP contribution in [-0.4, -0.2) is 48.3 Å². The van der Waals surface area contributed by atoms with Gasteiger partial charge in [0, 0.05) is 18.7 Å². The molecule has 0 aromatic heterocycles. The van der Waals surface area contributed by atoms with E-state index in [1.807, 2.05) is 0 Å². The highest BCUT2D eigenvalue weighted by molar-refractivity contribution is 6.09. The maximum absolute atomic E-state index is 13.2. The van der Waals surface area contributed by atoms with Crippen molar-refractivity contribution in [2.75, 3.05) is 23.4 Å². The van der Waals surface area contributed by atoms with Crippen molar-refractivity contribution >= 4 is 34.7 Å². The zero-order chi connectivity index (χ0) is 24.0. The predicted octanol–water partition coefficient (Wildman–Crippen LogP) is 2.97. The highest BCUT2D eigenvalue weighted by Crippen LogP contribution is 2.39. The third-order valence-electron chi connectivity index (χ3n) is 5.74. The standard InChI is InChI=1S/C23H23N3O7/c1-12(2)21-23(29)25(16-7-6-15(26(30)31)10-20(16)33-21)11-18(27)14-5-8-19-17(9-14)24(4)22(28)13(3)32-19/h5-10,12-13,21H,11H2,1-4H3. The Morgan fingerprint density at radius 2 is 1.79 bits per heavy atom. The Bertz CT molecular complexity index is 1180. The molecule has 2 aliphatic heterocycles. The number of fused-ring (bicyclic) bond motifs is 2. The van der Waals surface area contributed by atoms with Crippen LogP contribution in [0.25, 0.3) is 0 Å². The topological polar surface area (TPSA) is 119 Å². The van der Waals surface area contributed by atoms with Crippen LogP contribution in [0.4, 0.5) is 17.1 Å². The number of Topliss-reactive ketones (excluding diaryl/α,β-unsaturated/α-hetero) is 1. The van der Waals surface area contributed by atoms with Gasteiger partial charge in [-0.05, 0) is 37.1 Å².